The Labute approximate surface area is 108 Å². The zero-order valence-corrected chi connectivity index (χ0v) is 10.5. The summed E-state index contributed by atoms with van der Waals surface area (Å²) in [6.07, 6.45) is 2.16. The Hall–Kier alpha value is -1.54. The first kappa shape index (κ1) is 12.9. The number of rotatable bonds is 6. The fourth-order valence-electron chi connectivity index (χ4n) is 1.30. The Balaban J connectivity index is 1.70. The Kier molecular flexibility index (Phi) is 4.21. The van der Waals surface area contributed by atoms with Crippen molar-refractivity contribution in [1.29, 1.82) is 0 Å². The number of hydrogen-bond donors (Lipinski definition) is 3. The van der Waals surface area contributed by atoms with Crippen molar-refractivity contribution in [1.82, 2.24) is 15.9 Å². The van der Waals surface area contributed by atoms with Gasteiger partial charge in [0.05, 0.1) is 11.5 Å². The van der Waals surface area contributed by atoms with Gasteiger partial charge in [0.2, 0.25) is 5.91 Å². The number of nitrogen functional groups attached to an aromatic ring is 1. The van der Waals surface area contributed by atoms with Crippen LogP contribution in [0.5, 0.6) is 0 Å². The Bertz CT molecular complexity index is 444. The fourth-order valence-corrected chi connectivity index (χ4v) is 2.01. The van der Waals surface area contributed by atoms with Crippen molar-refractivity contribution in [3.8, 4) is 0 Å². The molecule has 2 amide bonds. The van der Waals surface area contributed by atoms with Gasteiger partial charge in [0.1, 0.15) is 5.76 Å². The molecule has 0 radical (unpaired) electrons. The highest BCUT2D eigenvalue weighted by Gasteiger charge is 2.23. The van der Waals surface area contributed by atoms with Crippen LogP contribution in [0.3, 0.4) is 0 Å². The highest BCUT2D eigenvalue weighted by Crippen LogP contribution is 2.19. The van der Waals surface area contributed by atoms with E-state index in [9.17, 15) is 9.59 Å². The molecule has 0 spiro atoms. The fraction of sp³-hybridized carbons (Fsp3) is 0.500. The second kappa shape index (κ2) is 5.87. The highest BCUT2D eigenvalue weighted by atomic mass is 32.2. The van der Waals surface area contributed by atoms with Crippen molar-refractivity contribution in [3.05, 3.63) is 17.5 Å². The lowest BCUT2D eigenvalue weighted by molar-refractivity contribution is -0.118. The van der Waals surface area contributed by atoms with E-state index in [1.807, 2.05) is 5.43 Å². The van der Waals surface area contributed by atoms with Gasteiger partial charge in [-0.1, -0.05) is 5.16 Å². The van der Waals surface area contributed by atoms with Gasteiger partial charge in [-0.05, 0) is 12.8 Å². The van der Waals surface area contributed by atoms with Gasteiger partial charge in [-0.25, -0.2) is 5.84 Å². The van der Waals surface area contributed by atoms with Crippen LogP contribution in [0.4, 0.5) is 0 Å². The van der Waals surface area contributed by atoms with Gasteiger partial charge >= 0.3 is 0 Å². The lowest BCUT2D eigenvalue weighted by Crippen LogP contribution is -2.30. The molecule has 1 aliphatic carbocycles. The van der Waals surface area contributed by atoms with Gasteiger partial charge in [0.25, 0.3) is 5.91 Å². The number of nitrogens with zero attached hydrogens (tertiary/aromatic N) is 1. The Morgan fingerprint density at radius 3 is 3.00 bits per heavy atom. The van der Waals surface area contributed by atoms with Crippen LogP contribution in [-0.2, 0) is 10.5 Å². The predicted octanol–water partition coefficient (Wildman–Crippen LogP) is -0.210. The van der Waals surface area contributed by atoms with Crippen LogP contribution in [0.25, 0.3) is 0 Å². The lowest BCUT2D eigenvalue weighted by Gasteiger charge is -2.01. The molecule has 7 nitrogen and oxygen atoms in total. The molecule has 1 aromatic rings. The van der Waals surface area contributed by atoms with Gasteiger partial charge in [-0.3, -0.25) is 15.0 Å². The average molecular weight is 270 g/mol. The second-order valence-corrected chi connectivity index (χ2v) is 4.97. The van der Waals surface area contributed by atoms with Gasteiger partial charge in [-0.15, -0.1) is 11.8 Å². The van der Waals surface area contributed by atoms with Crippen LogP contribution in [0.1, 0.15) is 29.1 Å². The maximum Gasteiger partial charge on any atom is 0.287 e. The highest BCUT2D eigenvalue weighted by molar-refractivity contribution is 7.99. The molecule has 0 atom stereocenters. The quantitative estimate of drug-likeness (QED) is 0.375. The SMILES string of the molecule is NNC(=O)c1cc(CSCC(=O)NC2CC2)on1. The summed E-state index contributed by atoms with van der Waals surface area (Å²) in [4.78, 5) is 22.5. The van der Waals surface area contributed by atoms with E-state index in [1.165, 1.54) is 17.8 Å². The molecule has 1 heterocycles. The number of hydrazine groups is 1. The third-order valence-electron chi connectivity index (χ3n) is 2.34. The average Bonchev–Trinajstić information content (AvgIpc) is 3.04. The molecule has 2 rings (SSSR count). The first-order valence-corrected chi connectivity index (χ1v) is 6.68. The minimum absolute atomic E-state index is 0.0296. The molecule has 0 bridgehead atoms. The van der Waals surface area contributed by atoms with E-state index in [0.717, 1.165) is 12.8 Å². The summed E-state index contributed by atoms with van der Waals surface area (Å²) in [5, 5.41) is 6.45. The zero-order chi connectivity index (χ0) is 13.0. The molecule has 0 aromatic carbocycles. The molecular weight excluding hydrogens is 256 g/mol. The Morgan fingerprint density at radius 1 is 1.56 bits per heavy atom. The molecule has 18 heavy (non-hydrogen) atoms. The third-order valence-corrected chi connectivity index (χ3v) is 3.30. The maximum atomic E-state index is 11.4. The van der Waals surface area contributed by atoms with E-state index < -0.39 is 5.91 Å². The molecule has 1 fully saturated rings. The number of amides is 2. The van der Waals surface area contributed by atoms with Crippen LogP contribution >= 0.6 is 11.8 Å². The van der Waals surface area contributed by atoms with Gasteiger partial charge in [0, 0.05) is 12.1 Å². The van der Waals surface area contributed by atoms with Gasteiger partial charge < -0.3 is 9.84 Å². The third kappa shape index (κ3) is 3.74. The standard InChI is InChI=1S/C10H14N4O3S/c11-13-10(16)8-3-7(17-14-8)4-18-5-9(15)12-6-1-2-6/h3,6H,1-2,4-5,11H2,(H,12,15)(H,13,16). The van der Waals surface area contributed by atoms with E-state index in [2.05, 4.69) is 10.5 Å². The first-order chi connectivity index (χ1) is 8.69. The summed E-state index contributed by atoms with van der Waals surface area (Å²) in [6.45, 7) is 0. The number of carbonyl (C=O) groups excluding carboxylic acids is 2. The number of nitrogens with two attached hydrogens (primary N) is 1. The smallest absolute Gasteiger partial charge is 0.287 e. The summed E-state index contributed by atoms with van der Waals surface area (Å²) < 4.78 is 4.94. The van der Waals surface area contributed by atoms with E-state index in [0.29, 0.717) is 23.3 Å². The van der Waals surface area contributed by atoms with E-state index in [-0.39, 0.29) is 11.6 Å². The molecule has 0 unspecified atom stereocenters. The summed E-state index contributed by atoms with van der Waals surface area (Å²) in [7, 11) is 0. The number of thioether (sulfide) groups is 1. The lowest BCUT2D eigenvalue weighted by atomic mass is 10.4. The number of carbonyl (C=O) groups is 2. The maximum absolute atomic E-state index is 11.4. The molecule has 98 valence electrons. The number of hydrogen-bond acceptors (Lipinski definition) is 6. The number of aromatic nitrogens is 1. The van der Waals surface area contributed by atoms with Crippen molar-refractivity contribution < 1.29 is 14.1 Å². The van der Waals surface area contributed by atoms with E-state index >= 15 is 0 Å². The van der Waals surface area contributed by atoms with Gasteiger partial charge in [0.15, 0.2) is 5.69 Å². The molecule has 8 heteroatoms. The summed E-state index contributed by atoms with van der Waals surface area (Å²) in [5.41, 5.74) is 2.10. The van der Waals surface area contributed by atoms with Crippen molar-refractivity contribution in [2.24, 2.45) is 5.84 Å². The van der Waals surface area contributed by atoms with Crippen LogP contribution in [0, 0.1) is 0 Å². The minimum atomic E-state index is -0.499. The Morgan fingerprint density at radius 2 is 2.33 bits per heavy atom. The van der Waals surface area contributed by atoms with Crippen molar-refractivity contribution in [2.45, 2.75) is 24.6 Å². The molecule has 1 saturated carbocycles. The monoisotopic (exact) mass is 270 g/mol. The van der Waals surface area contributed by atoms with Crippen LogP contribution < -0.4 is 16.6 Å². The topological polar surface area (TPSA) is 110 Å². The minimum Gasteiger partial charge on any atom is -0.360 e. The summed E-state index contributed by atoms with van der Waals surface area (Å²) in [6, 6.07) is 1.89. The van der Waals surface area contributed by atoms with Crippen molar-refractivity contribution in [3.63, 3.8) is 0 Å². The van der Waals surface area contributed by atoms with Crippen LogP contribution in [-0.4, -0.2) is 28.8 Å². The van der Waals surface area contributed by atoms with Crippen LogP contribution in [0.15, 0.2) is 10.6 Å². The molecule has 1 aliphatic rings. The largest absolute Gasteiger partial charge is 0.360 e. The number of nitrogens with one attached hydrogen (secondary N) is 2. The summed E-state index contributed by atoms with van der Waals surface area (Å²) >= 11 is 1.41. The van der Waals surface area contributed by atoms with Crippen molar-refractivity contribution in [2.75, 3.05) is 5.75 Å². The predicted molar refractivity (Wildman–Crippen MR) is 65.5 cm³/mol. The van der Waals surface area contributed by atoms with Gasteiger partial charge in [-0.2, -0.15) is 0 Å². The van der Waals surface area contributed by atoms with Crippen molar-refractivity contribution >= 4 is 23.6 Å². The molecule has 4 N–H and O–H groups in total. The molecule has 1 aromatic heterocycles. The second-order valence-electron chi connectivity index (χ2n) is 3.99. The van der Waals surface area contributed by atoms with Crippen LogP contribution in [0.2, 0.25) is 0 Å². The summed E-state index contributed by atoms with van der Waals surface area (Å²) in [5.74, 6) is 5.90. The molecule has 0 saturated heterocycles. The zero-order valence-electron chi connectivity index (χ0n) is 9.64. The normalized spacial score (nSPS) is 14.3. The van der Waals surface area contributed by atoms with E-state index in [1.54, 1.807) is 0 Å². The van der Waals surface area contributed by atoms with E-state index in [4.69, 9.17) is 10.4 Å². The molecular formula is C10H14N4O3S. The molecule has 0 aliphatic heterocycles. The first-order valence-electron chi connectivity index (χ1n) is 5.52.